The van der Waals surface area contributed by atoms with Gasteiger partial charge in [-0.05, 0) is 38.9 Å². The maximum atomic E-state index is 15.8. The van der Waals surface area contributed by atoms with Crippen LogP contribution < -0.4 is 10.6 Å². The van der Waals surface area contributed by atoms with Crippen molar-refractivity contribution >= 4 is 16.5 Å². The average molecular weight is 486 g/mol. The quantitative estimate of drug-likeness (QED) is 0.602. The number of aromatic nitrogens is 5. The van der Waals surface area contributed by atoms with Crippen LogP contribution >= 0.6 is 11.3 Å². The number of anilines is 1. The highest BCUT2D eigenvalue weighted by molar-refractivity contribution is 7.18. The minimum absolute atomic E-state index is 0.0201. The molecule has 6 rings (SSSR count). The van der Waals surface area contributed by atoms with Crippen LogP contribution in [0.1, 0.15) is 26.7 Å². The lowest BCUT2D eigenvalue weighted by Crippen LogP contribution is -2.74. The third kappa shape index (κ3) is 3.40. The molecule has 3 aromatic rings. The molecule has 2 aromatic heterocycles. The Kier molecular flexibility index (Phi) is 5.25. The van der Waals surface area contributed by atoms with Crippen molar-refractivity contribution in [3.05, 3.63) is 35.0 Å². The van der Waals surface area contributed by atoms with Gasteiger partial charge < -0.3 is 10.0 Å². The molecule has 2 bridgehead atoms. The summed E-state index contributed by atoms with van der Waals surface area (Å²) in [6, 6.07) is 4.62. The number of phenols is 1. The molecule has 9 nitrogen and oxygen atoms in total. The standard InChI is InChI=1S/C23H28FN7O2S/c1-22-8-9-23(2,30(4)11-22)16(24)17(22)31(5)21-28-27-19(34-21)14-7-6-13(10-15(14)32)18-25-12-29(3)20(33)26-18/h6-7,10,12,16-17,32H,8-9,11H2,1-5H3/t16?,17?,22?,23-/m1/s1. The molecule has 3 fully saturated rings. The molecule has 3 aliphatic rings. The van der Waals surface area contributed by atoms with E-state index in [0.29, 0.717) is 21.3 Å². The molecule has 0 radical (unpaired) electrons. The first-order valence-electron chi connectivity index (χ1n) is 11.2. The minimum Gasteiger partial charge on any atom is -0.507 e. The van der Waals surface area contributed by atoms with Crippen molar-refractivity contribution in [2.24, 2.45) is 12.5 Å². The van der Waals surface area contributed by atoms with Crippen LogP contribution in [0.15, 0.2) is 29.3 Å². The minimum atomic E-state index is -1.02. The van der Waals surface area contributed by atoms with Gasteiger partial charge in [-0.1, -0.05) is 24.3 Å². The lowest BCUT2D eigenvalue weighted by molar-refractivity contribution is -0.123. The summed E-state index contributed by atoms with van der Waals surface area (Å²) in [7, 11) is 5.46. The van der Waals surface area contributed by atoms with Crippen molar-refractivity contribution in [2.75, 3.05) is 25.5 Å². The predicted octanol–water partition coefficient (Wildman–Crippen LogP) is 2.71. The van der Waals surface area contributed by atoms with Gasteiger partial charge in [-0.15, -0.1) is 10.2 Å². The van der Waals surface area contributed by atoms with Crippen LogP contribution in [-0.2, 0) is 7.05 Å². The van der Waals surface area contributed by atoms with E-state index in [0.717, 1.165) is 19.4 Å². The number of halogens is 1. The topological polar surface area (TPSA) is 100 Å². The molecule has 4 atom stereocenters. The second-order valence-electron chi connectivity index (χ2n) is 10.0. The van der Waals surface area contributed by atoms with E-state index in [4.69, 9.17) is 0 Å². The van der Waals surface area contributed by atoms with Crippen molar-refractivity contribution in [1.29, 1.82) is 0 Å². The summed E-state index contributed by atoms with van der Waals surface area (Å²) in [6.45, 7) is 4.99. The highest BCUT2D eigenvalue weighted by atomic mass is 32.1. The van der Waals surface area contributed by atoms with Crippen LogP contribution in [0.5, 0.6) is 5.75 Å². The van der Waals surface area contributed by atoms with Gasteiger partial charge in [0.25, 0.3) is 0 Å². The van der Waals surface area contributed by atoms with Gasteiger partial charge in [-0.2, -0.15) is 4.98 Å². The second kappa shape index (κ2) is 7.81. The Morgan fingerprint density at radius 2 is 2.00 bits per heavy atom. The zero-order chi connectivity index (χ0) is 24.4. The lowest BCUT2D eigenvalue weighted by atomic mass is 9.59. The molecule has 1 N–H and O–H groups in total. The Balaban J connectivity index is 1.43. The van der Waals surface area contributed by atoms with Crippen LogP contribution in [0.4, 0.5) is 9.52 Å². The fourth-order valence-electron chi connectivity index (χ4n) is 5.44. The van der Waals surface area contributed by atoms with Gasteiger partial charge in [0, 0.05) is 31.6 Å². The zero-order valence-corrected chi connectivity index (χ0v) is 20.7. The molecule has 3 unspecified atom stereocenters. The average Bonchev–Trinajstić information content (AvgIpc) is 3.27. The van der Waals surface area contributed by atoms with E-state index in [1.54, 1.807) is 19.2 Å². The number of hydrogen-bond donors (Lipinski definition) is 1. The van der Waals surface area contributed by atoms with Crippen LogP contribution in [0.3, 0.4) is 0 Å². The van der Waals surface area contributed by atoms with Crippen LogP contribution in [0.25, 0.3) is 22.0 Å². The Hall–Kier alpha value is -2.92. The van der Waals surface area contributed by atoms with Gasteiger partial charge in [0.2, 0.25) is 5.13 Å². The van der Waals surface area contributed by atoms with Gasteiger partial charge in [-0.25, -0.2) is 14.2 Å². The molecular formula is C23H28FN7O2S. The molecule has 4 heterocycles. The molecule has 1 aromatic carbocycles. The smallest absolute Gasteiger partial charge is 0.350 e. The van der Waals surface area contributed by atoms with Gasteiger partial charge in [0.1, 0.15) is 18.2 Å². The van der Waals surface area contributed by atoms with Crippen molar-refractivity contribution < 1.29 is 9.50 Å². The maximum Gasteiger partial charge on any atom is 0.350 e. The SMILES string of the molecule is CN(c1nnc(-c2ccc(-c3ncn(C)c(=O)n3)cc2O)s1)C1C(F)[C@@]2(C)CCC1(C)CN2C. The monoisotopic (exact) mass is 485 g/mol. The predicted molar refractivity (Wildman–Crippen MR) is 129 cm³/mol. The van der Waals surface area contributed by atoms with E-state index in [9.17, 15) is 9.90 Å². The molecule has 34 heavy (non-hydrogen) atoms. The van der Waals surface area contributed by atoms with E-state index in [1.165, 1.54) is 28.3 Å². The number of benzene rings is 1. The Bertz CT molecular complexity index is 1310. The number of aryl methyl sites for hydroxylation is 1. The molecule has 2 aliphatic heterocycles. The number of phenolic OH excluding ortho intramolecular Hbond substituents is 1. The van der Waals surface area contributed by atoms with Crippen LogP contribution in [-0.4, -0.2) is 73.1 Å². The molecule has 1 aliphatic carbocycles. The molecule has 180 valence electrons. The highest BCUT2D eigenvalue weighted by Crippen LogP contribution is 2.53. The third-order valence-electron chi connectivity index (χ3n) is 7.73. The van der Waals surface area contributed by atoms with Crippen molar-refractivity contribution in [3.8, 4) is 27.7 Å². The van der Waals surface area contributed by atoms with Crippen LogP contribution in [0, 0.1) is 5.41 Å². The van der Waals surface area contributed by atoms with E-state index in [2.05, 4.69) is 32.0 Å². The second-order valence-corrected chi connectivity index (χ2v) is 11.0. The first kappa shape index (κ1) is 22.9. The molecule has 2 saturated heterocycles. The summed E-state index contributed by atoms with van der Waals surface area (Å²) in [5.41, 5.74) is -0.0853. The first-order valence-corrected chi connectivity index (χ1v) is 12.0. The van der Waals surface area contributed by atoms with E-state index < -0.39 is 17.4 Å². The number of aromatic hydroxyl groups is 1. The summed E-state index contributed by atoms with van der Waals surface area (Å²) < 4.78 is 17.1. The number of nitrogens with zero attached hydrogens (tertiary/aromatic N) is 7. The summed E-state index contributed by atoms with van der Waals surface area (Å²) in [4.78, 5) is 24.0. The van der Waals surface area contributed by atoms with Gasteiger partial charge in [0.15, 0.2) is 10.8 Å². The molecule has 0 spiro atoms. The number of alkyl halides is 1. The van der Waals surface area contributed by atoms with E-state index in [1.807, 2.05) is 25.9 Å². The fourth-order valence-corrected chi connectivity index (χ4v) is 6.32. The third-order valence-corrected chi connectivity index (χ3v) is 8.78. The summed E-state index contributed by atoms with van der Waals surface area (Å²) >= 11 is 1.31. The van der Waals surface area contributed by atoms with E-state index in [-0.39, 0.29) is 23.0 Å². The molecule has 1 saturated carbocycles. The summed E-state index contributed by atoms with van der Waals surface area (Å²) in [6.07, 6.45) is 2.16. The number of fused-ring (bicyclic) bond motifs is 3. The van der Waals surface area contributed by atoms with E-state index >= 15 is 4.39 Å². The van der Waals surface area contributed by atoms with Gasteiger partial charge >= 0.3 is 5.69 Å². The normalized spacial score (nSPS) is 28.9. The lowest BCUT2D eigenvalue weighted by Gasteiger charge is -2.63. The first-order chi connectivity index (χ1) is 16.0. The molecule has 11 heteroatoms. The van der Waals surface area contributed by atoms with Crippen molar-refractivity contribution in [3.63, 3.8) is 0 Å². The van der Waals surface area contributed by atoms with Crippen LogP contribution in [0.2, 0.25) is 0 Å². The maximum absolute atomic E-state index is 15.8. The largest absolute Gasteiger partial charge is 0.507 e. The van der Waals surface area contributed by atoms with Gasteiger partial charge in [0.05, 0.1) is 17.1 Å². The van der Waals surface area contributed by atoms with Crippen molar-refractivity contribution in [2.45, 2.75) is 44.4 Å². The number of hydrogen-bond acceptors (Lipinski definition) is 9. The Labute approximate surface area is 200 Å². The summed E-state index contributed by atoms with van der Waals surface area (Å²) in [5.74, 6) is 0.212. The van der Waals surface area contributed by atoms with Crippen molar-refractivity contribution in [1.82, 2.24) is 29.6 Å². The highest BCUT2D eigenvalue weighted by Gasteiger charge is 2.61. The zero-order valence-electron chi connectivity index (χ0n) is 19.9. The molecular weight excluding hydrogens is 457 g/mol. The Morgan fingerprint density at radius 3 is 2.68 bits per heavy atom. The summed E-state index contributed by atoms with van der Waals surface area (Å²) in [5, 5.41) is 20.4. The fraction of sp³-hybridized carbons (Fsp3) is 0.522. The molecule has 0 amide bonds. The Morgan fingerprint density at radius 1 is 1.24 bits per heavy atom. The number of rotatable bonds is 4. The number of piperidine rings is 2. The van der Waals surface area contributed by atoms with Gasteiger partial charge in [-0.3, -0.25) is 9.47 Å².